The van der Waals surface area contributed by atoms with Crippen LogP contribution in [0.3, 0.4) is 0 Å². The third-order valence-electron chi connectivity index (χ3n) is 9.80. The number of benzene rings is 2. The Morgan fingerprint density at radius 3 is 1.14 bits per heavy atom. The maximum atomic E-state index is 6.08. The summed E-state index contributed by atoms with van der Waals surface area (Å²) in [6, 6.07) is 14.0. The molecule has 0 fully saturated rings. The van der Waals surface area contributed by atoms with E-state index >= 15 is 0 Å². The van der Waals surface area contributed by atoms with Gasteiger partial charge in [0.05, 0.1) is 24.6 Å². The molecule has 0 saturated heterocycles. The van der Waals surface area contributed by atoms with E-state index in [0.29, 0.717) is 0 Å². The van der Waals surface area contributed by atoms with Gasteiger partial charge in [-0.3, -0.25) is 0 Å². The van der Waals surface area contributed by atoms with Gasteiger partial charge in [-0.25, -0.2) is 0 Å². The maximum Gasteiger partial charge on any atom is 0.122 e. The minimum absolute atomic E-state index is 0.784. The summed E-state index contributed by atoms with van der Waals surface area (Å²) in [5.41, 5.74) is 2.79. The molecule has 49 heavy (non-hydrogen) atoms. The van der Waals surface area contributed by atoms with Crippen LogP contribution >= 0.6 is 0 Å². The van der Waals surface area contributed by atoms with Crippen LogP contribution < -0.4 is 9.47 Å². The molecule has 0 unspecified atom stereocenters. The van der Waals surface area contributed by atoms with Crippen LogP contribution in [0.2, 0.25) is 0 Å². The van der Waals surface area contributed by atoms with Crippen LogP contribution in [0.4, 0.5) is 11.4 Å². The summed E-state index contributed by atoms with van der Waals surface area (Å²) >= 11 is 0. The fourth-order valence-electron chi connectivity index (χ4n) is 6.55. The Bertz CT molecular complexity index is 1030. The van der Waals surface area contributed by atoms with Crippen LogP contribution in [-0.4, -0.2) is 13.2 Å². The first-order valence-electron chi connectivity index (χ1n) is 21.1. The van der Waals surface area contributed by atoms with Crippen molar-refractivity contribution in [1.29, 1.82) is 0 Å². The van der Waals surface area contributed by atoms with Crippen molar-refractivity contribution in [2.45, 2.75) is 201 Å². The average Bonchev–Trinajstić information content (AvgIpc) is 3.12. The molecule has 4 nitrogen and oxygen atoms in total. The Balaban J connectivity index is 1.46. The third kappa shape index (κ3) is 24.4. The van der Waals surface area contributed by atoms with Crippen molar-refractivity contribution in [2.24, 2.45) is 10.2 Å². The molecule has 0 aliphatic rings. The first-order valence-corrected chi connectivity index (χ1v) is 21.1. The van der Waals surface area contributed by atoms with Crippen LogP contribution in [0.1, 0.15) is 199 Å². The topological polar surface area (TPSA) is 43.2 Å². The number of nitrogens with zero attached hydrogens (tertiary/aromatic N) is 2. The number of rotatable bonds is 34. The highest BCUT2D eigenvalue weighted by molar-refractivity contribution is 5.47. The second kappa shape index (κ2) is 31.6. The quantitative estimate of drug-likeness (QED) is 0.0547. The zero-order valence-electron chi connectivity index (χ0n) is 32.5. The van der Waals surface area contributed by atoms with Crippen LogP contribution in [0.15, 0.2) is 52.7 Å². The molecule has 278 valence electrons. The summed E-state index contributed by atoms with van der Waals surface area (Å²) in [5.74, 6) is 1.86. The normalized spacial score (nSPS) is 11.5. The van der Waals surface area contributed by atoms with Gasteiger partial charge in [0.1, 0.15) is 11.5 Å². The molecule has 2 aromatic carbocycles. The van der Waals surface area contributed by atoms with Crippen LogP contribution in [0.5, 0.6) is 11.5 Å². The summed E-state index contributed by atoms with van der Waals surface area (Å²) in [6.07, 6.45) is 38.5. The van der Waals surface area contributed by atoms with E-state index < -0.39 is 0 Å². The average molecular weight is 677 g/mol. The van der Waals surface area contributed by atoms with Gasteiger partial charge in [0, 0.05) is 0 Å². The summed E-state index contributed by atoms with van der Waals surface area (Å²) in [7, 11) is 0. The zero-order valence-corrected chi connectivity index (χ0v) is 32.5. The van der Waals surface area contributed by atoms with Gasteiger partial charge in [-0.15, -0.1) is 0 Å². The Kier molecular flexibility index (Phi) is 27.6. The predicted molar refractivity (Wildman–Crippen MR) is 213 cm³/mol. The molecule has 4 heteroatoms. The van der Waals surface area contributed by atoms with E-state index in [2.05, 4.69) is 37.1 Å². The second-order valence-electron chi connectivity index (χ2n) is 14.5. The van der Waals surface area contributed by atoms with Gasteiger partial charge in [-0.1, -0.05) is 181 Å². The number of unbranched alkanes of at least 4 members (excludes halogenated alkanes) is 26. The first-order chi connectivity index (χ1) is 24.2. The molecule has 2 aromatic rings. The van der Waals surface area contributed by atoms with Gasteiger partial charge in [-0.2, -0.15) is 10.2 Å². The highest BCUT2D eigenvalue weighted by Gasteiger charge is 2.03. The number of aryl methyl sites for hydroxylation is 1. The van der Waals surface area contributed by atoms with E-state index in [1.165, 1.54) is 167 Å². The molecule has 0 heterocycles. The van der Waals surface area contributed by atoms with Crippen molar-refractivity contribution < 1.29 is 9.47 Å². The molecule has 0 N–H and O–H groups in total. The summed E-state index contributed by atoms with van der Waals surface area (Å²) in [5, 5.41) is 8.90. The fourth-order valence-corrected chi connectivity index (χ4v) is 6.55. The second-order valence-corrected chi connectivity index (χ2v) is 14.5. The number of hydrogen-bond donors (Lipinski definition) is 0. The van der Waals surface area contributed by atoms with E-state index in [4.69, 9.17) is 9.47 Å². The molecular formula is C45H76N2O2. The van der Waals surface area contributed by atoms with Crippen LogP contribution in [-0.2, 0) is 0 Å². The minimum Gasteiger partial charge on any atom is -0.494 e. The highest BCUT2D eigenvalue weighted by atomic mass is 16.5. The lowest BCUT2D eigenvalue weighted by Crippen LogP contribution is -1.98. The molecule has 0 bridgehead atoms. The lowest BCUT2D eigenvalue weighted by molar-refractivity contribution is 0.302. The number of hydrogen-bond acceptors (Lipinski definition) is 4. The van der Waals surface area contributed by atoms with Crippen molar-refractivity contribution in [3.63, 3.8) is 0 Å². The van der Waals surface area contributed by atoms with Crippen molar-refractivity contribution in [3.05, 3.63) is 48.0 Å². The molecule has 2 rings (SSSR count). The van der Waals surface area contributed by atoms with E-state index in [9.17, 15) is 0 Å². The van der Waals surface area contributed by atoms with Crippen molar-refractivity contribution >= 4 is 11.4 Å². The monoisotopic (exact) mass is 677 g/mol. The summed E-state index contributed by atoms with van der Waals surface area (Å²) in [6.45, 7) is 8.24. The third-order valence-corrected chi connectivity index (χ3v) is 9.80. The van der Waals surface area contributed by atoms with E-state index in [-0.39, 0.29) is 0 Å². The Morgan fingerprint density at radius 2 is 0.735 bits per heavy atom. The molecule has 0 saturated carbocycles. The Hall–Kier alpha value is -2.36. The molecule has 0 aromatic heterocycles. The van der Waals surface area contributed by atoms with Crippen LogP contribution in [0, 0.1) is 6.92 Å². The van der Waals surface area contributed by atoms with Gasteiger partial charge < -0.3 is 9.47 Å². The molecule has 0 spiro atoms. The van der Waals surface area contributed by atoms with Crippen molar-refractivity contribution in [1.82, 2.24) is 0 Å². The van der Waals surface area contributed by atoms with Crippen molar-refractivity contribution in [2.75, 3.05) is 13.2 Å². The molecule has 0 aliphatic heterocycles. The lowest BCUT2D eigenvalue weighted by atomic mass is 10.0. The SMILES string of the molecule is CCCCCCCCCCCCCCCCOc1ccc(N=Nc2ccc(OCCCCCCCCCCCCCCCC)c(C)c2)cc1. The number of azo groups is 1. The van der Waals surface area contributed by atoms with Gasteiger partial charge in [0.25, 0.3) is 0 Å². The van der Waals surface area contributed by atoms with Gasteiger partial charge in [0.2, 0.25) is 0 Å². The number of ether oxygens (including phenoxy) is 2. The Labute approximate surface area is 303 Å². The Morgan fingerprint density at radius 1 is 0.388 bits per heavy atom. The summed E-state index contributed by atoms with van der Waals surface area (Å²) < 4.78 is 12.0. The highest BCUT2D eigenvalue weighted by Crippen LogP contribution is 2.27. The van der Waals surface area contributed by atoms with Crippen LogP contribution in [0.25, 0.3) is 0 Å². The molecule has 0 atom stereocenters. The standard InChI is InChI=1S/C45H76N2O2/c1-4-6-8-10-12-14-16-18-20-22-24-26-28-30-38-48-44-35-32-42(33-36-44)46-47-43-34-37-45(41(3)40-43)49-39-31-29-27-25-23-21-19-17-15-13-11-9-7-5-2/h32-37,40H,4-31,38-39H2,1-3H3. The molecule has 0 radical (unpaired) electrons. The van der Waals surface area contributed by atoms with Gasteiger partial charge >= 0.3 is 0 Å². The summed E-state index contributed by atoms with van der Waals surface area (Å²) in [4.78, 5) is 0. The first kappa shape index (κ1) is 42.8. The van der Waals surface area contributed by atoms with E-state index in [1.807, 2.05) is 36.4 Å². The molecule has 0 aliphatic carbocycles. The molecule has 0 amide bonds. The van der Waals surface area contributed by atoms with E-state index in [1.54, 1.807) is 0 Å². The lowest BCUT2D eigenvalue weighted by Gasteiger charge is -2.09. The fraction of sp³-hybridized carbons (Fsp3) is 0.733. The van der Waals surface area contributed by atoms with Crippen molar-refractivity contribution in [3.8, 4) is 11.5 Å². The maximum absolute atomic E-state index is 6.08. The minimum atomic E-state index is 0.784. The van der Waals surface area contributed by atoms with Gasteiger partial charge in [-0.05, 0) is 67.8 Å². The molecular weight excluding hydrogens is 601 g/mol. The van der Waals surface area contributed by atoms with E-state index in [0.717, 1.165) is 54.5 Å². The predicted octanol–water partition coefficient (Wildman–Crippen LogP) is 16.1. The van der Waals surface area contributed by atoms with Gasteiger partial charge in [0.15, 0.2) is 0 Å². The largest absolute Gasteiger partial charge is 0.494 e. The smallest absolute Gasteiger partial charge is 0.122 e. The zero-order chi connectivity index (χ0) is 34.9.